The summed E-state index contributed by atoms with van der Waals surface area (Å²) in [5.74, 6) is -4.09. The highest BCUT2D eigenvalue weighted by atomic mass is 19.4. The fourth-order valence-corrected chi connectivity index (χ4v) is 2.88. The predicted octanol–water partition coefficient (Wildman–Crippen LogP) is 4.87. The number of halogens is 6. The van der Waals surface area contributed by atoms with Gasteiger partial charge in [-0.25, -0.2) is 13.2 Å². The molecule has 0 aliphatic carbocycles. The number of aromatic nitrogens is 1. The summed E-state index contributed by atoms with van der Waals surface area (Å²) in [5, 5.41) is 9.10. The van der Waals surface area contributed by atoms with Crippen LogP contribution in [-0.2, 0) is 12.7 Å². The fourth-order valence-electron chi connectivity index (χ4n) is 2.88. The summed E-state index contributed by atoms with van der Waals surface area (Å²) >= 11 is 0. The van der Waals surface area contributed by atoms with Crippen LogP contribution >= 0.6 is 0 Å². The van der Waals surface area contributed by atoms with E-state index in [4.69, 9.17) is 5.26 Å². The Bertz CT molecular complexity index is 1180. The lowest BCUT2D eigenvalue weighted by molar-refractivity contribution is -0.137. The van der Waals surface area contributed by atoms with Gasteiger partial charge in [-0.2, -0.15) is 18.4 Å². The van der Waals surface area contributed by atoms with Crippen LogP contribution in [0.3, 0.4) is 0 Å². The largest absolute Gasteiger partial charge is 0.417 e. The number of rotatable bonds is 3. The summed E-state index contributed by atoms with van der Waals surface area (Å²) in [5.41, 5.74) is -4.72. The third kappa shape index (κ3) is 3.87. The van der Waals surface area contributed by atoms with Crippen molar-refractivity contribution in [1.82, 2.24) is 4.57 Å². The zero-order valence-corrected chi connectivity index (χ0v) is 14.4. The summed E-state index contributed by atoms with van der Waals surface area (Å²) in [4.78, 5) is 12.7. The number of hydrogen-bond donors (Lipinski definition) is 0. The van der Waals surface area contributed by atoms with E-state index in [0.717, 1.165) is 0 Å². The minimum atomic E-state index is -5.00. The Balaban J connectivity index is 2.34. The van der Waals surface area contributed by atoms with Crippen molar-refractivity contribution < 1.29 is 26.3 Å². The molecule has 0 spiro atoms. The normalized spacial score (nSPS) is 11.3. The van der Waals surface area contributed by atoms with Gasteiger partial charge in [0.1, 0.15) is 17.4 Å². The van der Waals surface area contributed by atoms with Gasteiger partial charge in [0.05, 0.1) is 17.8 Å². The highest BCUT2D eigenvalue weighted by Crippen LogP contribution is 2.33. The SMILES string of the molecule is N#Cc1c(C(F)(F)F)cc(-c2ccccc2)n(Cc2cc(F)cc(F)c2F)c1=O. The van der Waals surface area contributed by atoms with Gasteiger partial charge in [0.15, 0.2) is 11.6 Å². The first-order chi connectivity index (χ1) is 13.6. The Kier molecular flexibility index (Phi) is 5.20. The van der Waals surface area contributed by atoms with Gasteiger partial charge in [0, 0.05) is 11.6 Å². The number of alkyl halides is 3. The second-order valence-corrected chi connectivity index (χ2v) is 6.05. The molecule has 3 rings (SSSR count). The molecule has 0 N–H and O–H groups in total. The highest BCUT2D eigenvalue weighted by Gasteiger charge is 2.36. The molecule has 2 aromatic carbocycles. The summed E-state index contributed by atoms with van der Waals surface area (Å²) in [6.07, 6.45) is -5.00. The Hall–Kier alpha value is -3.54. The molecule has 0 radical (unpaired) electrons. The van der Waals surface area contributed by atoms with Crippen molar-refractivity contribution in [3.8, 4) is 17.3 Å². The van der Waals surface area contributed by atoms with E-state index in [1.165, 1.54) is 30.3 Å². The average Bonchev–Trinajstić information content (AvgIpc) is 2.66. The molecule has 0 fully saturated rings. The van der Waals surface area contributed by atoms with Crippen LogP contribution in [0.4, 0.5) is 26.3 Å². The molecule has 148 valence electrons. The van der Waals surface area contributed by atoms with Gasteiger partial charge in [0.25, 0.3) is 5.56 Å². The third-order valence-electron chi connectivity index (χ3n) is 4.18. The second kappa shape index (κ2) is 7.47. The monoisotopic (exact) mass is 408 g/mol. The maximum atomic E-state index is 14.1. The van der Waals surface area contributed by atoms with Crippen LogP contribution < -0.4 is 5.56 Å². The Morgan fingerprint density at radius 3 is 2.24 bits per heavy atom. The van der Waals surface area contributed by atoms with Crippen LogP contribution in [0, 0.1) is 28.8 Å². The fraction of sp³-hybridized carbons (Fsp3) is 0.100. The summed E-state index contributed by atoms with van der Waals surface area (Å²) in [6.45, 7) is -0.781. The molecule has 3 nitrogen and oxygen atoms in total. The van der Waals surface area contributed by atoms with Gasteiger partial charge < -0.3 is 4.57 Å². The van der Waals surface area contributed by atoms with Crippen molar-refractivity contribution in [1.29, 1.82) is 5.26 Å². The van der Waals surface area contributed by atoms with E-state index < -0.39 is 52.4 Å². The second-order valence-electron chi connectivity index (χ2n) is 6.05. The quantitative estimate of drug-likeness (QED) is 0.459. The molecule has 9 heteroatoms. The highest BCUT2D eigenvalue weighted by molar-refractivity contribution is 5.62. The minimum Gasteiger partial charge on any atom is -0.303 e. The number of pyridine rings is 1. The molecule has 0 bridgehead atoms. The maximum Gasteiger partial charge on any atom is 0.417 e. The summed E-state index contributed by atoms with van der Waals surface area (Å²) < 4.78 is 81.9. The number of hydrogen-bond acceptors (Lipinski definition) is 2. The van der Waals surface area contributed by atoms with Crippen molar-refractivity contribution in [3.63, 3.8) is 0 Å². The average molecular weight is 408 g/mol. The molecule has 0 aliphatic rings. The zero-order chi connectivity index (χ0) is 21.3. The Morgan fingerprint density at radius 1 is 1.00 bits per heavy atom. The van der Waals surface area contributed by atoms with Crippen LogP contribution in [-0.4, -0.2) is 4.57 Å². The topological polar surface area (TPSA) is 45.8 Å². The van der Waals surface area contributed by atoms with Crippen molar-refractivity contribution in [2.75, 3.05) is 0 Å². The molecule has 0 amide bonds. The Labute approximate surface area is 160 Å². The summed E-state index contributed by atoms with van der Waals surface area (Å²) in [7, 11) is 0. The molecule has 1 heterocycles. The van der Waals surface area contributed by atoms with Crippen molar-refractivity contribution in [2.45, 2.75) is 12.7 Å². The lowest BCUT2D eigenvalue weighted by Gasteiger charge is -2.18. The molecular formula is C20H10F6N2O. The number of nitrogens with zero attached hydrogens (tertiary/aromatic N) is 2. The van der Waals surface area contributed by atoms with E-state index in [1.54, 1.807) is 6.07 Å². The van der Waals surface area contributed by atoms with Gasteiger partial charge >= 0.3 is 6.18 Å². The number of benzene rings is 2. The molecule has 0 atom stereocenters. The Morgan fingerprint density at radius 2 is 1.66 bits per heavy atom. The lowest BCUT2D eigenvalue weighted by Crippen LogP contribution is -2.29. The molecule has 0 saturated heterocycles. The zero-order valence-electron chi connectivity index (χ0n) is 14.4. The van der Waals surface area contributed by atoms with Crippen molar-refractivity contribution in [2.24, 2.45) is 0 Å². The molecule has 1 aromatic heterocycles. The molecule has 0 saturated carbocycles. The predicted molar refractivity (Wildman–Crippen MR) is 91.3 cm³/mol. The van der Waals surface area contributed by atoms with Crippen molar-refractivity contribution in [3.05, 3.63) is 93.0 Å². The lowest BCUT2D eigenvalue weighted by atomic mass is 10.0. The van der Waals surface area contributed by atoms with E-state index in [2.05, 4.69) is 0 Å². The molecule has 29 heavy (non-hydrogen) atoms. The molecular weight excluding hydrogens is 398 g/mol. The van der Waals surface area contributed by atoms with Gasteiger partial charge in [0.2, 0.25) is 0 Å². The van der Waals surface area contributed by atoms with Crippen LogP contribution in [0.2, 0.25) is 0 Å². The van der Waals surface area contributed by atoms with E-state index in [1.807, 2.05) is 0 Å². The van der Waals surface area contributed by atoms with Crippen LogP contribution in [0.15, 0.2) is 53.3 Å². The van der Waals surface area contributed by atoms with Crippen molar-refractivity contribution >= 4 is 0 Å². The number of nitriles is 1. The van der Waals surface area contributed by atoms with E-state index in [0.29, 0.717) is 22.8 Å². The van der Waals surface area contributed by atoms with Gasteiger partial charge in [-0.1, -0.05) is 30.3 Å². The molecule has 3 aromatic rings. The minimum absolute atomic E-state index is 0.164. The first kappa shape index (κ1) is 20.2. The first-order valence-corrected chi connectivity index (χ1v) is 8.07. The molecule has 0 aliphatic heterocycles. The van der Waals surface area contributed by atoms with Crippen LogP contribution in [0.5, 0.6) is 0 Å². The van der Waals surface area contributed by atoms with Crippen LogP contribution in [0.25, 0.3) is 11.3 Å². The maximum absolute atomic E-state index is 14.1. The summed E-state index contributed by atoms with van der Waals surface area (Å²) in [6, 6.07) is 10.1. The van der Waals surface area contributed by atoms with E-state index >= 15 is 0 Å². The van der Waals surface area contributed by atoms with Gasteiger partial charge in [-0.05, 0) is 17.7 Å². The van der Waals surface area contributed by atoms with Gasteiger partial charge in [-0.3, -0.25) is 4.79 Å². The van der Waals surface area contributed by atoms with E-state index in [-0.39, 0.29) is 11.3 Å². The standard InChI is InChI=1S/C20H10F6N2O/c21-13-6-12(18(23)16(22)7-13)10-28-17(11-4-2-1-3-5-11)8-15(20(24,25)26)14(9-27)19(28)29/h1-8H,10H2. The third-order valence-corrected chi connectivity index (χ3v) is 4.18. The van der Waals surface area contributed by atoms with E-state index in [9.17, 15) is 31.1 Å². The van der Waals surface area contributed by atoms with Crippen LogP contribution in [0.1, 0.15) is 16.7 Å². The smallest absolute Gasteiger partial charge is 0.303 e. The van der Waals surface area contributed by atoms with Gasteiger partial charge in [-0.15, -0.1) is 0 Å². The first-order valence-electron chi connectivity index (χ1n) is 8.07. The molecule has 0 unspecified atom stereocenters.